The molecule has 0 aliphatic carbocycles. The smallest absolute Gasteiger partial charge is 0.326 e. The normalized spacial score (nSPS) is 18.3. The van der Waals surface area contributed by atoms with Crippen molar-refractivity contribution in [2.24, 2.45) is 0 Å². The lowest BCUT2D eigenvalue weighted by Gasteiger charge is -2.16. The summed E-state index contributed by atoms with van der Waals surface area (Å²) in [4.78, 5) is 23.0. The topological polar surface area (TPSA) is 98.7 Å². The molecule has 1 heterocycles. The summed E-state index contributed by atoms with van der Waals surface area (Å²) in [6.45, 7) is 0.174. The minimum atomic E-state index is -1.14. The summed E-state index contributed by atoms with van der Waals surface area (Å²) in [7, 11) is 0. The van der Waals surface area contributed by atoms with Crippen molar-refractivity contribution in [1.29, 1.82) is 0 Å². The van der Waals surface area contributed by atoms with Crippen LogP contribution < -0.4 is 10.6 Å². The van der Waals surface area contributed by atoms with Crippen LogP contribution in [0, 0.1) is 0 Å². The number of hydrogen-bond acceptors (Lipinski definition) is 4. The Morgan fingerprint density at radius 3 is 2.84 bits per heavy atom. The van der Waals surface area contributed by atoms with Gasteiger partial charge in [-0.1, -0.05) is 18.2 Å². The van der Waals surface area contributed by atoms with Crippen LogP contribution in [0.1, 0.15) is 17.9 Å². The highest BCUT2D eigenvalue weighted by atomic mass is 16.4. The maximum Gasteiger partial charge on any atom is 0.326 e. The van der Waals surface area contributed by atoms with Crippen LogP contribution in [0.25, 0.3) is 0 Å². The van der Waals surface area contributed by atoms with E-state index in [1.54, 1.807) is 0 Å². The number of carboxylic acids is 1. The molecule has 6 heteroatoms. The molecule has 1 aromatic rings. The van der Waals surface area contributed by atoms with E-state index < -0.39 is 17.9 Å². The minimum absolute atomic E-state index is 0.00285. The first kappa shape index (κ1) is 13.4. The van der Waals surface area contributed by atoms with E-state index in [0.29, 0.717) is 6.54 Å². The van der Waals surface area contributed by atoms with E-state index in [1.165, 1.54) is 0 Å². The van der Waals surface area contributed by atoms with Crippen molar-refractivity contribution >= 4 is 17.6 Å². The predicted octanol–water partition coefficient (Wildman–Crippen LogP) is 0.148. The number of aliphatic hydroxyl groups is 1. The lowest BCUT2D eigenvalue weighted by molar-refractivity contribution is -0.142. The fraction of sp³-hybridized carbons (Fsp3) is 0.385. The number of carboxylic acid groups (broad SMARTS) is 1. The van der Waals surface area contributed by atoms with Crippen LogP contribution in [0.2, 0.25) is 0 Å². The number of para-hydroxylation sites is 1. The van der Waals surface area contributed by atoms with Gasteiger partial charge in [0.15, 0.2) is 0 Å². The third-order valence-electron chi connectivity index (χ3n) is 3.18. The molecule has 1 aliphatic heterocycles. The molecule has 1 amide bonds. The molecule has 2 rings (SSSR count). The molecule has 0 fully saturated rings. The molecule has 4 N–H and O–H groups in total. The Hall–Kier alpha value is -2.08. The van der Waals surface area contributed by atoms with Gasteiger partial charge < -0.3 is 20.8 Å². The van der Waals surface area contributed by atoms with Crippen molar-refractivity contribution in [3.05, 3.63) is 29.8 Å². The molecule has 0 radical (unpaired) electrons. The second-order valence-corrected chi connectivity index (χ2v) is 4.43. The van der Waals surface area contributed by atoms with Crippen molar-refractivity contribution in [2.45, 2.75) is 18.4 Å². The Morgan fingerprint density at radius 2 is 2.16 bits per heavy atom. The molecule has 0 bridgehead atoms. The van der Waals surface area contributed by atoms with Crippen molar-refractivity contribution < 1.29 is 19.8 Å². The van der Waals surface area contributed by atoms with Crippen LogP contribution in [0.5, 0.6) is 0 Å². The van der Waals surface area contributed by atoms with Crippen molar-refractivity contribution in [2.75, 3.05) is 18.5 Å². The summed E-state index contributed by atoms with van der Waals surface area (Å²) in [6.07, 6.45) is 0.00285. The first-order valence-electron chi connectivity index (χ1n) is 6.10. The number of nitrogens with one attached hydrogen (secondary N) is 2. The van der Waals surface area contributed by atoms with Gasteiger partial charge in [0.1, 0.15) is 6.04 Å². The Bertz CT molecular complexity index is 489. The molecule has 6 nitrogen and oxygen atoms in total. The maximum atomic E-state index is 12.1. The third-order valence-corrected chi connectivity index (χ3v) is 3.18. The largest absolute Gasteiger partial charge is 0.480 e. The van der Waals surface area contributed by atoms with E-state index in [9.17, 15) is 9.59 Å². The van der Waals surface area contributed by atoms with Gasteiger partial charge in [0, 0.05) is 25.3 Å². The average Bonchev–Trinajstić information content (AvgIpc) is 2.81. The molecular weight excluding hydrogens is 248 g/mol. The zero-order valence-electron chi connectivity index (χ0n) is 10.3. The highest BCUT2D eigenvalue weighted by molar-refractivity contribution is 5.91. The van der Waals surface area contributed by atoms with E-state index in [0.717, 1.165) is 11.3 Å². The van der Waals surface area contributed by atoms with Crippen LogP contribution in [-0.4, -0.2) is 41.3 Å². The lowest BCUT2D eigenvalue weighted by atomic mass is 10.00. The number of aliphatic hydroxyl groups excluding tert-OH is 1. The van der Waals surface area contributed by atoms with Crippen LogP contribution >= 0.6 is 0 Å². The molecule has 0 saturated carbocycles. The number of rotatable bonds is 5. The number of benzene rings is 1. The van der Waals surface area contributed by atoms with Crippen molar-refractivity contribution in [3.8, 4) is 0 Å². The molecule has 0 spiro atoms. The fourth-order valence-electron chi connectivity index (χ4n) is 2.18. The molecule has 1 aliphatic rings. The van der Waals surface area contributed by atoms with E-state index in [-0.39, 0.29) is 18.9 Å². The standard InChI is InChI=1S/C13H16N2O4/c16-6-5-11(13(18)19)15-12(17)9-7-14-10-4-2-1-3-8(9)10/h1-4,9,11,14,16H,5-7H2,(H,15,17)(H,18,19)/t9?,11-/m0/s1. The van der Waals surface area contributed by atoms with E-state index in [2.05, 4.69) is 10.6 Å². The van der Waals surface area contributed by atoms with Gasteiger partial charge >= 0.3 is 5.97 Å². The molecular formula is C13H16N2O4. The summed E-state index contributed by atoms with van der Waals surface area (Å²) in [5, 5.41) is 23.3. The lowest BCUT2D eigenvalue weighted by Crippen LogP contribution is -2.43. The summed E-state index contributed by atoms with van der Waals surface area (Å²) < 4.78 is 0. The number of fused-ring (bicyclic) bond motifs is 1. The Morgan fingerprint density at radius 1 is 1.42 bits per heavy atom. The van der Waals surface area contributed by atoms with Gasteiger partial charge in [-0.25, -0.2) is 4.79 Å². The maximum absolute atomic E-state index is 12.1. The van der Waals surface area contributed by atoms with Gasteiger partial charge in [-0.3, -0.25) is 4.79 Å². The average molecular weight is 264 g/mol. The SMILES string of the molecule is O=C(N[C@@H](CCO)C(=O)O)C1CNc2ccccc21. The quantitative estimate of drug-likeness (QED) is 0.606. The van der Waals surface area contributed by atoms with Gasteiger partial charge in [-0.15, -0.1) is 0 Å². The highest BCUT2D eigenvalue weighted by Gasteiger charge is 2.30. The minimum Gasteiger partial charge on any atom is -0.480 e. The molecule has 1 aromatic carbocycles. The number of carbonyl (C=O) groups is 2. The monoisotopic (exact) mass is 264 g/mol. The van der Waals surface area contributed by atoms with Gasteiger partial charge in [0.05, 0.1) is 5.92 Å². The Kier molecular flexibility index (Phi) is 4.01. The first-order valence-corrected chi connectivity index (χ1v) is 6.10. The van der Waals surface area contributed by atoms with E-state index >= 15 is 0 Å². The number of hydrogen-bond donors (Lipinski definition) is 4. The molecule has 0 saturated heterocycles. The van der Waals surface area contributed by atoms with Gasteiger partial charge in [-0.05, 0) is 11.6 Å². The van der Waals surface area contributed by atoms with E-state index in [1.807, 2.05) is 24.3 Å². The predicted molar refractivity (Wildman–Crippen MR) is 68.9 cm³/mol. The van der Waals surface area contributed by atoms with Gasteiger partial charge in [-0.2, -0.15) is 0 Å². The fourth-order valence-corrected chi connectivity index (χ4v) is 2.18. The number of anilines is 1. The van der Waals surface area contributed by atoms with Crippen LogP contribution in [0.4, 0.5) is 5.69 Å². The second-order valence-electron chi connectivity index (χ2n) is 4.43. The molecule has 2 atom stereocenters. The molecule has 102 valence electrons. The molecule has 19 heavy (non-hydrogen) atoms. The van der Waals surface area contributed by atoms with E-state index in [4.69, 9.17) is 10.2 Å². The van der Waals surface area contributed by atoms with Crippen molar-refractivity contribution in [3.63, 3.8) is 0 Å². The zero-order chi connectivity index (χ0) is 13.8. The van der Waals surface area contributed by atoms with Crippen LogP contribution in [-0.2, 0) is 9.59 Å². The summed E-state index contributed by atoms with van der Waals surface area (Å²) in [5.74, 6) is -1.86. The number of aliphatic carboxylic acids is 1. The molecule has 1 unspecified atom stereocenters. The first-order chi connectivity index (χ1) is 9.13. The summed E-state index contributed by atoms with van der Waals surface area (Å²) in [6, 6.07) is 6.39. The van der Waals surface area contributed by atoms with Crippen LogP contribution in [0.15, 0.2) is 24.3 Å². The molecule has 0 aromatic heterocycles. The highest BCUT2D eigenvalue weighted by Crippen LogP contribution is 2.31. The Balaban J connectivity index is 2.07. The summed E-state index contributed by atoms with van der Waals surface area (Å²) in [5.41, 5.74) is 1.77. The zero-order valence-corrected chi connectivity index (χ0v) is 10.3. The van der Waals surface area contributed by atoms with Gasteiger partial charge in [0.25, 0.3) is 0 Å². The van der Waals surface area contributed by atoms with Gasteiger partial charge in [0.2, 0.25) is 5.91 Å². The number of carbonyl (C=O) groups excluding carboxylic acids is 1. The second kappa shape index (κ2) is 5.71. The van der Waals surface area contributed by atoms with Crippen molar-refractivity contribution in [1.82, 2.24) is 5.32 Å². The number of amides is 1. The third kappa shape index (κ3) is 2.85. The Labute approximate surface area is 110 Å². The van der Waals surface area contributed by atoms with Crippen LogP contribution in [0.3, 0.4) is 0 Å². The summed E-state index contributed by atoms with van der Waals surface area (Å²) >= 11 is 0.